The van der Waals surface area contributed by atoms with Crippen LogP contribution in [-0.4, -0.2) is 17.3 Å². The second-order valence-electron chi connectivity index (χ2n) is 1.65. The van der Waals surface area contributed by atoms with Crippen molar-refractivity contribution in [3.63, 3.8) is 0 Å². The predicted octanol–water partition coefficient (Wildman–Crippen LogP) is -0.0347. The van der Waals surface area contributed by atoms with Crippen molar-refractivity contribution in [1.82, 2.24) is 10.7 Å². The summed E-state index contributed by atoms with van der Waals surface area (Å²) in [7, 11) is 1.79. The van der Waals surface area contributed by atoms with Crippen LogP contribution in [0.25, 0.3) is 0 Å². The van der Waals surface area contributed by atoms with Gasteiger partial charge in [0.2, 0.25) is 0 Å². The lowest BCUT2D eigenvalue weighted by atomic mass is 10.3. The van der Waals surface area contributed by atoms with Crippen molar-refractivity contribution in [1.29, 1.82) is 5.41 Å². The highest BCUT2D eigenvalue weighted by atomic mass is 127. The average molecular weight is 254 g/mol. The Bertz CT molecular complexity index is 143. The van der Waals surface area contributed by atoms with Gasteiger partial charge in [-0.25, -0.2) is 0 Å². The van der Waals surface area contributed by atoms with Crippen LogP contribution in [0.15, 0.2) is 11.8 Å². The van der Waals surface area contributed by atoms with Crippen LogP contribution in [0.3, 0.4) is 0 Å². The summed E-state index contributed by atoms with van der Waals surface area (Å²) < 4.78 is 0.491. The highest BCUT2D eigenvalue weighted by molar-refractivity contribution is 14.1. The Kier molecular flexibility index (Phi) is 5.55. The Hall–Kier alpha value is -0.140. The SMILES string of the molecule is CN/C=C(/CNN)C(=N)I. The van der Waals surface area contributed by atoms with Crippen molar-refractivity contribution < 1.29 is 0 Å². The first-order chi connectivity index (χ1) is 4.72. The minimum absolute atomic E-state index is 0.491. The van der Waals surface area contributed by atoms with Gasteiger partial charge >= 0.3 is 0 Å². The van der Waals surface area contributed by atoms with Crippen LogP contribution < -0.4 is 16.6 Å². The summed E-state index contributed by atoms with van der Waals surface area (Å²) in [5.74, 6) is 5.08. The molecule has 0 amide bonds. The molecule has 0 unspecified atom stereocenters. The Balaban J connectivity index is 3.98. The third kappa shape index (κ3) is 3.80. The molecule has 0 saturated carbocycles. The molecule has 5 N–H and O–H groups in total. The first-order valence-corrected chi connectivity index (χ1v) is 3.84. The van der Waals surface area contributed by atoms with Gasteiger partial charge in [-0.05, 0) is 22.6 Å². The van der Waals surface area contributed by atoms with Gasteiger partial charge in [-0.2, -0.15) is 0 Å². The summed E-state index contributed by atoms with van der Waals surface area (Å²) in [5.41, 5.74) is 3.33. The van der Waals surface area contributed by atoms with Gasteiger partial charge in [-0.1, -0.05) is 0 Å². The molecule has 0 aromatic heterocycles. The topological polar surface area (TPSA) is 73.9 Å². The monoisotopic (exact) mass is 254 g/mol. The van der Waals surface area contributed by atoms with Gasteiger partial charge in [0.1, 0.15) is 0 Å². The molecule has 0 fully saturated rings. The van der Waals surface area contributed by atoms with Crippen LogP contribution in [-0.2, 0) is 0 Å². The number of nitrogens with one attached hydrogen (secondary N) is 3. The lowest BCUT2D eigenvalue weighted by Gasteiger charge is -2.01. The molecule has 4 nitrogen and oxygen atoms in total. The minimum Gasteiger partial charge on any atom is -0.394 e. The van der Waals surface area contributed by atoms with E-state index in [1.165, 1.54) is 0 Å². The third-order valence-corrected chi connectivity index (χ3v) is 1.59. The standard InChI is InChI=1S/C5H11IN4/c1-9-2-4(3-10-8)5(6)7/h2,7,9-10H,3,8H2,1H3/b4-2-,7-5?. The summed E-state index contributed by atoms with van der Waals surface area (Å²) in [6, 6.07) is 0. The van der Waals surface area contributed by atoms with Crippen molar-refractivity contribution in [2.24, 2.45) is 5.84 Å². The molecule has 0 aromatic rings. The van der Waals surface area contributed by atoms with Crippen molar-refractivity contribution in [3.8, 4) is 0 Å². The molecule has 0 aliphatic rings. The maximum atomic E-state index is 7.24. The fraction of sp³-hybridized carbons (Fsp3) is 0.400. The van der Waals surface area contributed by atoms with Gasteiger partial charge < -0.3 is 5.32 Å². The number of halogens is 1. The number of nitrogens with two attached hydrogens (primary N) is 1. The highest BCUT2D eigenvalue weighted by Crippen LogP contribution is 1.99. The van der Waals surface area contributed by atoms with Gasteiger partial charge in [-0.15, -0.1) is 0 Å². The molecule has 5 heteroatoms. The van der Waals surface area contributed by atoms with E-state index in [0.717, 1.165) is 5.57 Å². The molecular weight excluding hydrogens is 243 g/mol. The highest BCUT2D eigenvalue weighted by Gasteiger charge is 1.97. The van der Waals surface area contributed by atoms with Crippen LogP contribution in [0.4, 0.5) is 0 Å². The second kappa shape index (κ2) is 5.63. The van der Waals surface area contributed by atoms with E-state index in [0.29, 0.717) is 10.3 Å². The zero-order chi connectivity index (χ0) is 7.98. The normalized spacial score (nSPS) is 11.3. The smallest absolute Gasteiger partial charge is 0.0979 e. The molecule has 0 saturated heterocycles. The van der Waals surface area contributed by atoms with Gasteiger partial charge in [0.05, 0.1) is 3.72 Å². The molecule has 10 heavy (non-hydrogen) atoms. The first-order valence-electron chi connectivity index (χ1n) is 2.76. The summed E-state index contributed by atoms with van der Waals surface area (Å²) in [5, 5.41) is 10.1. The lowest BCUT2D eigenvalue weighted by Crippen LogP contribution is -2.26. The molecule has 0 atom stereocenters. The van der Waals surface area contributed by atoms with E-state index in [2.05, 4.69) is 10.7 Å². The average Bonchev–Trinajstić information content (AvgIpc) is 1.87. The number of hydrogen-bond donors (Lipinski definition) is 4. The van der Waals surface area contributed by atoms with E-state index in [1.54, 1.807) is 13.2 Å². The minimum atomic E-state index is 0.491. The third-order valence-electron chi connectivity index (χ3n) is 0.893. The van der Waals surface area contributed by atoms with E-state index in [4.69, 9.17) is 11.3 Å². The Morgan fingerprint density at radius 3 is 2.70 bits per heavy atom. The van der Waals surface area contributed by atoms with E-state index in [-0.39, 0.29) is 0 Å². The number of hydrogen-bond acceptors (Lipinski definition) is 4. The first kappa shape index (κ1) is 9.86. The number of hydrazine groups is 1. The van der Waals surface area contributed by atoms with Crippen molar-refractivity contribution in [2.45, 2.75) is 0 Å². The quantitative estimate of drug-likeness (QED) is 0.246. The fourth-order valence-electron chi connectivity index (χ4n) is 0.476. The Labute approximate surface area is 73.9 Å². The largest absolute Gasteiger partial charge is 0.394 e. The molecule has 0 bridgehead atoms. The summed E-state index contributed by atoms with van der Waals surface area (Å²) in [6.45, 7) is 0.516. The summed E-state index contributed by atoms with van der Waals surface area (Å²) in [6.07, 6.45) is 1.74. The van der Waals surface area contributed by atoms with E-state index < -0.39 is 0 Å². The summed E-state index contributed by atoms with van der Waals surface area (Å²) >= 11 is 1.93. The van der Waals surface area contributed by atoms with Crippen LogP contribution in [0, 0.1) is 5.41 Å². The maximum absolute atomic E-state index is 7.24. The number of rotatable bonds is 4. The van der Waals surface area contributed by atoms with Crippen LogP contribution in [0.1, 0.15) is 0 Å². The lowest BCUT2D eigenvalue weighted by molar-refractivity contribution is 0.807. The van der Waals surface area contributed by atoms with Crippen LogP contribution in [0.2, 0.25) is 0 Å². The molecular formula is C5H11IN4. The van der Waals surface area contributed by atoms with Gasteiger partial charge in [-0.3, -0.25) is 16.7 Å². The zero-order valence-corrected chi connectivity index (χ0v) is 7.90. The van der Waals surface area contributed by atoms with E-state index in [9.17, 15) is 0 Å². The van der Waals surface area contributed by atoms with Crippen molar-refractivity contribution in [2.75, 3.05) is 13.6 Å². The van der Waals surface area contributed by atoms with Crippen molar-refractivity contribution >= 4 is 26.3 Å². The van der Waals surface area contributed by atoms with Crippen molar-refractivity contribution in [3.05, 3.63) is 11.8 Å². The summed E-state index contributed by atoms with van der Waals surface area (Å²) in [4.78, 5) is 0. The predicted molar refractivity (Wildman–Crippen MR) is 51.1 cm³/mol. The zero-order valence-electron chi connectivity index (χ0n) is 5.74. The maximum Gasteiger partial charge on any atom is 0.0979 e. The Morgan fingerprint density at radius 2 is 2.40 bits per heavy atom. The van der Waals surface area contributed by atoms with Gasteiger partial charge in [0.15, 0.2) is 0 Å². The molecule has 0 aliphatic carbocycles. The molecule has 0 spiro atoms. The molecule has 58 valence electrons. The van der Waals surface area contributed by atoms with Crippen LogP contribution >= 0.6 is 22.6 Å². The second-order valence-corrected chi connectivity index (χ2v) is 2.73. The van der Waals surface area contributed by atoms with Gasteiger partial charge in [0, 0.05) is 25.4 Å². The van der Waals surface area contributed by atoms with Gasteiger partial charge in [0.25, 0.3) is 0 Å². The van der Waals surface area contributed by atoms with E-state index in [1.807, 2.05) is 22.6 Å². The fourth-order valence-corrected chi connectivity index (χ4v) is 0.823. The Morgan fingerprint density at radius 1 is 1.80 bits per heavy atom. The van der Waals surface area contributed by atoms with Crippen LogP contribution in [0.5, 0.6) is 0 Å². The molecule has 0 rings (SSSR count). The molecule has 0 aliphatic heterocycles. The van der Waals surface area contributed by atoms with E-state index >= 15 is 0 Å². The molecule has 0 heterocycles. The molecule has 0 aromatic carbocycles. The molecule has 0 radical (unpaired) electrons.